The van der Waals surface area contributed by atoms with E-state index in [2.05, 4.69) is 21.8 Å². The molecule has 1 fully saturated rings. The number of fused-ring (bicyclic) bond motifs is 1. The highest BCUT2D eigenvalue weighted by Gasteiger charge is 2.44. The summed E-state index contributed by atoms with van der Waals surface area (Å²) in [6.07, 6.45) is 2.82. The van der Waals surface area contributed by atoms with E-state index in [1.165, 1.54) is 5.56 Å². The minimum Gasteiger partial charge on any atom is -0.362 e. The van der Waals surface area contributed by atoms with Crippen molar-refractivity contribution in [2.75, 3.05) is 18.0 Å². The molecule has 2 unspecified atom stereocenters. The summed E-state index contributed by atoms with van der Waals surface area (Å²) in [5.41, 5.74) is 8.49. The fourth-order valence-corrected chi connectivity index (χ4v) is 4.09. The molecule has 2 aliphatic rings. The first-order valence-electron chi connectivity index (χ1n) is 9.29. The van der Waals surface area contributed by atoms with Gasteiger partial charge in [-0.3, -0.25) is 20.4 Å². The Morgan fingerprint density at radius 1 is 1.07 bits per heavy atom. The monoisotopic (exact) mass is 383 g/mol. The van der Waals surface area contributed by atoms with Gasteiger partial charge in [-0.1, -0.05) is 48.0 Å². The van der Waals surface area contributed by atoms with Crippen molar-refractivity contribution in [3.8, 4) is 0 Å². The maximum absolute atomic E-state index is 12.3. The van der Waals surface area contributed by atoms with Gasteiger partial charge in [-0.15, -0.1) is 0 Å². The summed E-state index contributed by atoms with van der Waals surface area (Å²) in [5.74, 6) is -0.382. The summed E-state index contributed by atoms with van der Waals surface area (Å²) in [5, 5.41) is 0.686. The van der Waals surface area contributed by atoms with Gasteiger partial charge in [-0.05, 0) is 48.4 Å². The number of hydrogen-bond acceptors (Lipinski definition) is 3. The maximum atomic E-state index is 12.3. The second kappa shape index (κ2) is 7.61. The van der Waals surface area contributed by atoms with Crippen LogP contribution >= 0.6 is 11.6 Å². The van der Waals surface area contributed by atoms with Crippen LogP contribution in [0.15, 0.2) is 48.5 Å². The number of halogens is 1. The molecule has 2 aromatic carbocycles. The fourth-order valence-electron chi connectivity index (χ4n) is 3.82. The summed E-state index contributed by atoms with van der Waals surface area (Å²) in [6.45, 7) is 1.07. The number of hydrazine groups is 1. The van der Waals surface area contributed by atoms with E-state index in [9.17, 15) is 9.59 Å². The second-order valence-corrected chi connectivity index (χ2v) is 7.57. The molecule has 2 atom stereocenters. The van der Waals surface area contributed by atoms with E-state index in [-0.39, 0.29) is 30.2 Å². The molecule has 1 aliphatic heterocycles. The van der Waals surface area contributed by atoms with Crippen molar-refractivity contribution in [1.82, 2.24) is 10.9 Å². The molecule has 1 saturated carbocycles. The fraction of sp³-hybridized carbons (Fsp3) is 0.333. The first-order valence-corrected chi connectivity index (χ1v) is 9.67. The number of rotatable bonds is 4. The summed E-state index contributed by atoms with van der Waals surface area (Å²) in [6, 6.07) is 15.7. The Hall–Kier alpha value is -2.53. The van der Waals surface area contributed by atoms with Crippen molar-refractivity contribution in [2.45, 2.75) is 25.2 Å². The van der Waals surface area contributed by atoms with E-state index < -0.39 is 0 Å². The number of aryl methyl sites for hydroxylation is 1. The second-order valence-electron chi connectivity index (χ2n) is 7.16. The van der Waals surface area contributed by atoms with E-state index >= 15 is 0 Å². The molecule has 6 heteroatoms. The average Bonchev–Trinajstić information content (AvgIpc) is 3.47. The van der Waals surface area contributed by atoms with Crippen molar-refractivity contribution in [2.24, 2.45) is 5.92 Å². The molecule has 140 valence electrons. The summed E-state index contributed by atoms with van der Waals surface area (Å²) < 4.78 is 0. The zero-order valence-electron chi connectivity index (χ0n) is 15.0. The molecule has 27 heavy (non-hydrogen) atoms. The summed E-state index contributed by atoms with van der Waals surface area (Å²) in [7, 11) is 0. The lowest BCUT2D eigenvalue weighted by Gasteiger charge is -2.30. The zero-order chi connectivity index (χ0) is 18.8. The predicted octanol–water partition coefficient (Wildman–Crippen LogP) is 3.04. The highest BCUT2D eigenvalue weighted by Crippen LogP contribution is 2.49. The molecule has 0 spiro atoms. The van der Waals surface area contributed by atoms with E-state index in [1.54, 1.807) is 0 Å². The third-order valence-corrected chi connectivity index (χ3v) is 5.64. The van der Waals surface area contributed by atoms with Gasteiger partial charge in [-0.25, -0.2) is 0 Å². The highest BCUT2D eigenvalue weighted by atomic mass is 35.5. The lowest BCUT2D eigenvalue weighted by Crippen LogP contribution is -2.48. The number of nitrogens with zero attached hydrogens (tertiary/aromatic N) is 1. The normalized spacial score (nSPS) is 20.6. The van der Waals surface area contributed by atoms with Crippen LogP contribution in [0.3, 0.4) is 0 Å². The molecular weight excluding hydrogens is 362 g/mol. The van der Waals surface area contributed by atoms with Crippen molar-refractivity contribution in [3.63, 3.8) is 0 Å². The van der Waals surface area contributed by atoms with Crippen LogP contribution in [0.4, 0.5) is 5.69 Å². The zero-order valence-corrected chi connectivity index (χ0v) is 15.7. The van der Waals surface area contributed by atoms with Crippen LogP contribution in [0, 0.1) is 5.92 Å². The van der Waals surface area contributed by atoms with Gasteiger partial charge < -0.3 is 4.90 Å². The summed E-state index contributed by atoms with van der Waals surface area (Å²) >= 11 is 6.20. The Morgan fingerprint density at radius 2 is 1.85 bits per heavy atom. The Morgan fingerprint density at radius 3 is 2.70 bits per heavy atom. The Balaban J connectivity index is 1.28. The SMILES string of the molecule is O=C(CN1CCCc2ccccc21)NNC(=O)C1CC1c1ccccc1Cl. The predicted molar refractivity (Wildman–Crippen MR) is 106 cm³/mol. The van der Waals surface area contributed by atoms with Crippen LogP contribution in [0.1, 0.15) is 29.9 Å². The van der Waals surface area contributed by atoms with Gasteiger partial charge >= 0.3 is 0 Å². The van der Waals surface area contributed by atoms with Crippen molar-refractivity contribution >= 4 is 29.1 Å². The van der Waals surface area contributed by atoms with Crippen LogP contribution in [-0.2, 0) is 16.0 Å². The van der Waals surface area contributed by atoms with E-state index in [4.69, 9.17) is 11.6 Å². The van der Waals surface area contributed by atoms with Crippen LogP contribution in [0.5, 0.6) is 0 Å². The lowest BCUT2D eigenvalue weighted by atomic mass is 10.0. The molecule has 0 saturated heterocycles. The number of hydrogen-bond donors (Lipinski definition) is 2. The Labute approximate surface area is 163 Å². The average molecular weight is 384 g/mol. The molecule has 5 nitrogen and oxygen atoms in total. The maximum Gasteiger partial charge on any atom is 0.257 e. The van der Waals surface area contributed by atoms with Gasteiger partial charge in [0.05, 0.1) is 6.54 Å². The van der Waals surface area contributed by atoms with Gasteiger partial charge in [0.1, 0.15) is 0 Å². The molecule has 2 amide bonds. The minimum absolute atomic E-state index is 0.129. The molecule has 4 rings (SSSR count). The Kier molecular flexibility index (Phi) is 5.03. The number of benzene rings is 2. The van der Waals surface area contributed by atoms with Gasteiger partial charge in [0, 0.05) is 23.2 Å². The number of anilines is 1. The van der Waals surface area contributed by atoms with E-state index in [1.807, 2.05) is 42.5 Å². The highest BCUT2D eigenvalue weighted by molar-refractivity contribution is 6.31. The van der Waals surface area contributed by atoms with Crippen molar-refractivity contribution in [1.29, 1.82) is 0 Å². The molecular formula is C21H22ClN3O2. The number of amides is 2. The van der Waals surface area contributed by atoms with E-state index in [0.29, 0.717) is 5.02 Å². The number of para-hydroxylation sites is 1. The van der Waals surface area contributed by atoms with Crippen LogP contribution < -0.4 is 15.8 Å². The number of nitrogens with one attached hydrogen (secondary N) is 2. The smallest absolute Gasteiger partial charge is 0.257 e. The van der Waals surface area contributed by atoms with E-state index in [0.717, 1.165) is 37.1 Å². The number of carbonyl (C=O) groups excluding carboxylic acids is 2. The molecule has 0 radical (unpaired) electrons. The van der Waals surface area contributed by atoms with Crippen LogP contribution in [0.25, 0.3) is 0 Å². The molecule has 2 N–H and O–H groups in total. The third-order valence-electron chi connectivity index (χ3n) is 5.30. The molecule has 0 bridgehead atoms. The standard InChI is InChI=1S/C21H22ClN3O2/c22-18-9-3-2-8-15(18)16-12-17(16)21(27)24-23-20(26)13-25-11-5-7-14-6-1-4-10-19(14)25/h1-4,6,8-10,16-17H,5,7,11-13H2,(H,23,26)(H,24,27). The first-order chi connectivity index (χ1) is 13.1. The quantitative estimate of drug-likeness (QED) is 0.798. The van der Waals surface area contributed by atoms with Crippen molar-refractivity contribution in [3.05, 3.63) is 64.7 Å². The van der Waals surface area contributed by atoms with Crippen LogP contribution in [0.2, 0.25) is 5.02 Å². The third kappa shape index (κ3) is 3.93. The largest absolute Gasteiger partial charge is 0.362 e. The molecule has 0 aromatic heterocycles. The van der Waals surface area contributed by atoms with Gasteiger partial charge in [-0.2, -0.15) is 0 Å². The minimum atomic E-state index is -0.213. The topological polar surface area (TPSA) is 61.4 Å². The first kappa shape index (κ1) is 17.9. The van der Waals surface area contributed by atoms with Gasteiger partial charge in [0.2, 0.25) is 5.91 Å². The molecule has 1 aliphatic carbocycles. The molecule has 2 aromatic rings. The van der Waals surface area contributed by atoms with Gasteiger partial charge in [0.15, 0.2) is 0 Å². The molecule has 1 heterocycles. The van der Waals surface area contributed by atoms with Crippen LogP contribution in [-0.4, -0.2) is 24.9 Å². The van der Waals surface area contributed by atoms with Gasteiger partial charge in [0.25, 0.3) is 5.91 Å². The van der Waals surface area contributed by atoms with Crippen molar-refractivity contribution < 1.29 is 9.59 Å². The number of carbonyl (C=O) groups is 2. The summed E-state index contributed by atoms with van der Waals surface area (Å²) in [4.78, 5) is 26.7. The lowest BCUT2D eigenvalue weighted by molar-refractivity contribution is -0.129. The Bertz CT molecular complexity index is 870.